The molecular formula is C18H26N2O. The van der Waals surface area contributed by atoms with Crippen molar-refractivity contribution in [3.05, 3.63) is 34.9 Å². The van der Waals surface area contributed by atoms with Crippen LogP contribution in [0.5, 0.6) is 0 Å². The largest absolute Gasteiger partial charge is 0.355 e. The van der Waals surface area contributed by atoms with E-state index in [9.17, 15) is 4.79 Å². The van der Waals surface area contributed by atoms with Crippen LogP contribution in [0.3, 0.4) is 0 Å². The summed E-state index contributed by atoms with van der Waals surface area (Å²) in [6, 6.07) is 7.02. The molecule has 2 N–H and O–H groups in total. The van der Waals surface area contributed by atoms with Crippen LogP contribution in [0.2, 0.25) is 0 Å². The summed E-state index contributed by atoms with van der Waals surface area (Å²) in [5.74, 6) is 0.787. The molecule has 3 rings (SSSR count). The van der Waals surface area contributed by atoms with E-state index in [0.717, 1.165) is 19.4 Å². The van der Waals surface area contributed by atoms with Gasteiger partial charge in [-0.15, -0.1) is 0 Å². The third-order valence-corrected chi connectivity index (χ3v) is 4.87. The number of carbonyl (C=O) groups is 1. The Bertz CT molecular complexity index is 512. The molecule has 114 valence electrons. The van der Waals surface area contributed by atoms with Crippen LogP contribution in [-0.2, 0) is 24.1 Å². The molecule has 1 heterocycles. The van der Waals surface area contributed by atoms with Crippen molar-refractivity contribution < 1.29 is 4.79 Å². The van der Waals surface area contributed by atoms with Crippen molar-refractivity contribution in [2.24, 2.45) is 5.92 Å². The monoisotopic (exact) mass is 286 g/mol. The highest BCUT2D eigenvalue weighted by Crippen LogP contribution is 2.26. The van der Waals surface area contributed by atoms with Gasteiger partial charge in [-0.2, -0.15) is 0 Å². The van der Waals surface area contributed by atoms with Crippen LogP contribution in [0, 0.1) is 5.92 Å². The zero-order valence-electron chi connectivity index (χ0n) is 13.0. The van der Waals surface area contributed by atoms with Gasteiger partial charge in [0.05, 0.1) is 6.04 Å². The molecule has 0 saturated carbocycles. The van der Waals surface area contributed by atoms with Gasteiger partial charge in [-0.3, -0.25) is 4.79 Å². The predicted molar refractivity (Wildman–Crippen MR) is 85.4 cm³/mol. The summed E-state index contributed by atoms with van der Waals surface area (Å²) in [6.07, 6.45) is 7.06. The van der Waals surface area contributed by atoms with Gasteiger partial charge in [-0.1, -0.05) is 18.2 Å². The minimum Gasteiger partial charge on any atom is -0.355 e. The number of hydrogen-bond acceptors (Lipinski definition) is 2. The molecular weight excluding hydrogens is 260 g/mol. The molecule has 2 unspecified atom stereocenters. The van der Waals surface area contributed by atoms with Gasteiger partial charge in [0.25, 0.3) is 0 Å². The van der Waals surface area contributed by atoms with E-state index in [2.05, 4.69) is 28.8 Å². The van der Waals surface area contributed by atoms with E-state index in [-0.39, 0.29) is 11.9 Å². The van der Waals surface area contributed by atoms with E-state index in [1.165, 1.54) is 31.2 Å². The first-order valence-corrected chi connectivity index (χ1v) is 8.38. The summed E-state index contributed by atoms with van der Waals surface area (Å²) in [7, 11) is 0. The molecule has 2 aliphatic rings. The third kappa shape index (κ3) is 3.46. The Morgan fingerprint density at radius 3 is 3.05 bits per heavy atom. The SMILES string of the molecule is CCNC(=O)C1CC(Cc2ccc3c(c2)CCC3)CCN1. The fourth-order valence-corrected chi connectivity index (χ4v) is 3.76. The van der Waals surface area contributed by atoms with Crippen LogP contribution < -0.4 is 10.6 Å². The average Bonchev–Trinajstić information content (AvgIpc) is 2.95. The number of amides is 1. The molecule has 1 aliphatic carbocycles. The maximum Gasteiger partial charge on any atom is 0.237 e. The predicted octanol–water partition coefficient (Wildman–Crippen LogP) is 2.22. The van der Waals surface area contributed by atoms with Crippen LogP contribution >= 0.6 is 0 Å². The number of hydrogen-bond donors (Lipinski definition) is 2. The first-order chi connectivity index (χ1) is 10.3. The van der Waals surface area contributed by atoms with Crippen molar-refractivity contribution in [3.8, 4) is 0 Å². The molecule has 0 radical (unpaired) electrons. The number of likely N-dealkylation sites (N-methyl/N-ethyl adjacent to an activating group) is 1. The number of carbonyl (C=O) groups excluding carboxylic acids is 1. The van der Waals surface area contributed by atoms with E-state index in [1.54, 1.807) is 11.1 Å². The second-order valence-corrected chi connectivity index (χ2v) is 6.45. The first kappa shape index (κ1) is 14.6. The van der Waals surface area contributed by atoms with Crippen LogP contribution in [0.25, 0.3) is 0 Å². The molecule has 1 saturated heterocycles. The standard InChI is InChI=1S/C18H26N2O/c1-2-19-18(21)17-12-14(8-9-20-17)10-13-6-7-15-4-3-5-16(15)11-13/h6-7,11,14,17,20H,2-5,8-10,12H2,1H3,(H,19,21). The summed E-state index contributed by atoms with van der Waals surface area (Å²) < 4.78 is 0. The maximum atomic E-state index is 12.0. The smallest absolute Gasteiger partial charge is 0.237 e. The molecule has 21 heavy (non-hydrogen) atoms. The fraction of sp³-hybridized carbons (Fsp3) is 0.611. The zero-order valence-corrected chi connectivity index (χ0v) is 13.0. The van der Waals surface area contributed by atoms with Gasteiger partial charge in [0.2, 0.25) is 5.91 Å². The van der Waals surface area contributed by atoms with Crippen LogP contribution in [-0.4, -0.2) is 25.0 Å². The number of nitrogens with one attached hydrogen (secondary N) is 2. The molecule has 0 spiro atoms. The molecule has 0 aromatic heterocycles. The highest BCUT2D eigenvalue weighted by atomic mass is 16.2. The lowest BCUT2D eigenvalue weighted by molar-refractivity contribution is -0.123. The van der Waals surface area contributed by atoms with Crippen molar-refractivity contribution in [1.29, 1.82) is 0 Å². The van der Waals surface area contributed by atoms with Crippen LogP contribution in [0.1, 0.15) is 42.9 Å². The summed E-state index contributed by atoms with van der Waals surface area (Å²) >= 11 is 0. The van der Waals surface area contributed by atoms with Gasteiger partial charge in [0, 0.05) is 6.54 Å². The normalized spacial score (nSPS) is 24.6. The quantitative estimate of drug-likeness (QED) is 0.891. The van der Waals surface area contributed by atoms with Crippen molar-refractivity contribution >= 4 is 5.91 Å². The fourth-order valence-electron chi connectivity index (χ4n) is 3.76. The van der Waals surface area contributed by atoms with Gasteiger partial charge in [0.15, 0.2) is 0 Å². The topological polar surface area (TPSA) is 41.1 Å². The Morgan fingerprint density at radius 1 is 1.33 bits per heavy atom. The van der Waals surface area contributed by atoms with Crippen molar-refractivity contribution in [1.82, 2.24) is 10.6 Å². The highest BCUT2D eigenvalue weighted by molar-refractivity contribution is 5.81. The molecule has 1 fully saturated rings. The summed E-state index contributed by atoms with van der Waals surface area (Å²) in [5, 5.41) is 6.28. The molecule has 1 amide bonds. The van der Waals surface area contributed by atoms with E-state index >= 15 is 0 Å². The van der Waals surface area contributed by atoms with Crippen LogP contribution in [0.4, 0.5) is 0 Å². The van der Waals surface area contributed by atoms with Crippen molar-refractivity contribution in [3.63, 3.8) is 0 Å². The zero-order chi connectivity index (χ0) is 14.7. The Hall–Kier alpha value is -1.35. The number of rotatable bonds is 4. The molecule has 1 aromatic carbocycles. The van der Waals surface area contributed by atoms with E-state index < -0.39 is 0 Å². The Labute approximate surface area is 127 Å². The Balaban J connectivity index is 1.61. The lowest BCUT2D eigenvalue weighted by Gasteiger charge is -2.29. The lowest BCUT2D eigenvalue weighted by atomic mass is 9.86. The molecule has 2 atom stereocenters. The highest BCUT2D eigenvalue weighted by Gasteiger charge is 2.26. The summed E-state index contributed by atoms with van der Waals surface area (Å²) in [4.78, 5) is 12.0. The minimum absolute atomic E-state index is 0.00173. The van der Waals surface area contributed by atoms with E-state index in [4.69, 9.17) is 0 Å². The summed E-state index contributed by atoms with van der Waals surface area (Å²) in [6.45, 7) is 3.65. The minimum atomic E-state index is -0.00173. The molecule has 0 bridgehead atoms. The number of benzene rings is 1. The second kappa shape index (κ2) is 6.61. The molecule has 3 heteroatoms. The van der Waals surface area contributed by atoms with Gasteiger partial charge in [0.1, 0.15) is 0 Å². The van der Waals surface area contributed by atoms with E-state index in [0.29, 0.717) is 12.5 Å². The van der Waals surface area contributed by atoms with Gasteiger partial charge in [-0.05, 0) is 74.6 Å². The van der Waals surface area contributed by atoms with Crippen LogP contribution in [0.15, 0.2) is 18.2 Å². The van der Waals surface area contributed by atoms with Crippen molar-refractivity contribution in [2.75, 3.05) is 13.1 Å². The van der Waals surface area contributed by atoms with Gasteiger partial charge in [-0.25, -0.2) is 0 Å². The molecule has 3 nitrogen and oxygen atoms in total. The van der Waals surface area contributed by atoms with Gasteiger partial charge < -0.3 is 10.6 Å². The van der Waals surface area contributed by atoms with E-state index in [1.807, 2.05) is 6.92 Å². The third-order valence-electron chi connectivity index (χ3n) is 4.87. The number of piperidine rings is 1. The second-order valence-electron chi connectivity index (χ2n) is 6.45. The first-order valence-electron chi connectivity index (χ1n) is 8.38. The Kier molecular flexibility index (Phi) is 4.59. The summed E-state index contributed by atoms with van der Waals surface area (Å²) in [5.41, 5.74) is 4.56. The average molecular weight is 286 g/mol. The lowest BCUT2D eigenvalue weighted by Crippen LogP contribution is -2.48. The van der Waals surface area contributed by atoms with Crippen molar-refractivity contribution in [2.45, 2.75) is 51.5 Å². The maximum absolute atomic E-state index is 12.0. The number of fused-ring (bicyclic) bond motifs is 1. The molecule has 1 aromatic rings. The van der Waals surface area contributed by atoms with Gasteiger partial charge >= 0.3 is 0 Å². The molecule has 1 aliphatic heterocycles. The number of aryl methyl sites for hydroxylation is 2. The Morgan fingerprint density at radius 2 is 2.19 bits per heavy atom.